The van der Waals surface area contributed by atoms with Gasteiger partial charge in [-0.1, -0.05) is 15.9 Å². The van der Waals surface area contributed by atoms with E-state index in [9.17, 15) is 4.79 Å². The largest absolute Gasteiger partial charge is 0.496 e. The van der Waals surface area contributed by atoms with Crippen molar-refractivity contribution < 1.29 is 4.74 Å². The Bertz CT molecular complexity index is 836. The molecule has 0 amide bonds. The van der Waals surface area contributed by atoms with Crippen molar-refractivity contribution in [1.82, 2.24) is 15.3 Å². The van der Waals surface area contributed by atoms with Crippen LogP contribution in [0, 0.1) is 0 Å². The Hall–Kier alpha value is -1.57. The predicted octanol–water partition coefficient (Wildman–Crippen LogP) is 3.00. The minimum atomic E-state index is -0.205. The Labute approximate surface area is 133 Å². The lowest BCUT2D eigenvalue weighted by Gasteiger charge is -2.18. The number of aromatic amines is 2. The van der Waals surface area contributed by atoms with Gasteiger partial charge in [0.2, 0.25) is 0 Å². The molecule has 0 saturated carbocycles. The fourth-order valence-electron chi connectivity index (χ4n) is 2.41. The summed E-state index contributed by atoms with van der Waals surface area (Å²) in [5.74, 6) is 0.855. The first-order valence-corrected chi connectivity index (χ1v) is 8.01. The van der Waals surface area contributed by atoms with Gasteiger partial charge in [0, 0.05) is 4.47 Å². The molecule has 0 fully saturated rings. The van der Waals surface area contributed by atoms with Crippen LogP contribution in [0.1, 0.15) is 16.5 Å². The molecule has 7 heteroatoms. The fourth-order valence-corrected chi connectivity index (χ4v) is 3.97. The van der Waals surface area contributed by atoms with Gasteiger partial charge in [0.25, 0.3) is 0 Å². The molecule has 110 valence electrons. The van der Waals surface area contributed by atoms with Crippen LogP contribution < -0.4 is 15.7 Å². The first kappa shape index (κ1) is 14.4. The summed E-state index contributed by atoms with van der Waals surface area (Å²) >= 11 is 5.22. The Balaban J connectivity index is 2.16. The molecule has 0 saturated heterocycles. The zero-order valence-corrected chi connectivity index (χ0v) is 13.9. The molecule has 3 N–H and O–H groups in total. The van der Waals surface area contributed by atoms with Gasteiger partial charge < -0.3 is 20.0 Å². The highest BCUT2D eigenvalue weighted by atomic mass is 79.9. The standard InChI is InChI=1S/C14H14BrN3O2S/c1-16-12(13-11(20-2)3-4-21-13)7-5-9-10(6-8(7)15)18-14(19)17-9/h3-6,12,16H,1-2H3,(H2,17,18,19). The van der Waals surface area contributed by atoms with Crippen molar-refractivity contribution in [3.8, 4) is 5.75 Å². The molecule has 0 aliphatic carbocycles. The maximum Gasteiger partial charge on any atom is 0.323 e. The number of benzene rings is 1. The Morgan fingerprint density at radius 1 is 1.33 bits per heavy atom. The van der Waals surface area contributed by atoms with Gasteiger partial charge in [-0.15, -0.1) is 11.3 Å². The number of halogens is 1. The van der Waals surface area contributed by atoms with Crippen LogP contribution in [0.4, 0.5) is 0 Å². The Morgan fingerprint density at radius 3 is 2.71 bits per heavy atom. The number of hydrogen-bond donors (Lipinski definition) is 3. The van der Waals surface area contributed by atoms with E-state index < -0.39 is 0 Å². The molecule has 1 atom stereocenters. The Morgan fingerprint density at radius 2 is 2.05 bits per heavy atom. The summed E-state index contributed by atoms with van der Waals surface area (Å²) in [5, 5.41) is 5.31. The van der Waals surface area contributed by atoms with Crippen LogP contribution in [0.3, 0.4) is 0 Å². The van der Waals surface area contributed by atoms with E-state index in [4.69, 9.17) is 4.74 Å². The summed E-state index contributed by atoms with van der Waals surface area (Å²) < 4.78 is 6.34. The second kappa shape index (κ2) is 5.67. The van der Waals surface area contributed by atoms with Crippen LogP contribution in [-0.2, 0) is 0 Å². The number of ether oxygens (including phenoxy) is 1. The monoisotopic (exact) mass is 367 g/mol. The zero-order valence-electron chi connectivity index (χ0n) is 11.5. The molecule has 0 radical (unpaired) electrons. The Kier molecular flexibility index (Phi) is 3.88. The number of methoxy groups -OCH3 is 1. The first-order chi connectivity index (χ1) is 10.1. The molecular weight excluding hydrogens is 354 g/mol. The maximum atomic E-state index is 11.4. The quantitative estimate of drug-likeness (QED) is 0.663. The molecule has 3 rings (SSSR count). The summed E-state index contributed by atoms with van der Waals surface area (Å²) in [6, 6.07) is 5.82. The smallest absolute Gasteiger partial charge is 0.323 e. The number of rotatable bonds is 4. The van der Waals surface area contributed by atoms with E-state index in [1.807, 2.05) is 30.6 Å². The van der Waals surface area contributed by atoms with Gasteiger partial charge in [-0.05, 0) is 36.2 Å². The van der Waals surface area contributed by atoms with Gasteiger partial charge in [-0.3, -0.25) is 0 Å². The number of nitrogens with one attached hydrogen (secondary N) is 3. The third-order valence-electron chi connectivity index (χ3n) is 3.37. The molecule has 1 aromatic carbocycles. The van der Waals surface area contributed by atoms with Crippen molar-refractivity contribution in [3.05, 3.63) is 49.0 Å². The normalized spacial score (nSPS) is 12.7. The van der Waals surface area contributed by atoms with Crippen LogP contribution in [0.5, 0.6) is 5.75 Å². The van der Waals surface area contributed by atoms with Crippen LogP contribution in [-0.4, -0.2) is 24.1 Å². The van der Waals surface area contributed by atoms with E-state index >= 15 is 0 Å². The molecule has 0 bridgehead atoms. The minimum Gasteiger partial charge on any atom is -0.496 e. The topological polar surface area (TPSA) is 69.9 Å². The van der Waals surface area contributed by atoms with Gasteiger partial charge in [-0.25, -0.2) is 4.79 Å². The van der Waals surface area contributed by atoms with E-state index in [1.54, 1.807) is 18.4 Å². The van der Waals surface area contributed by atoms with Gasteiger partial charge in [0.05, 0.1) is 29.1 Å². The third-order valence-corrected chi connectivity index (χ3v) is 5.02. The lowest BCUT2D eigenvalue weighted by Crippen LogP contribution is -2.17. The summed E-state index contributed by atoms with van der Waals surface area (Å²) in [5.41, 5.74) is 2.40. The second-order valence-electron chi connectivity index (χ2n) is 4.57. The summed E-state index contributed by atoms with van der Waals surface area (Å²) in [6.45, 7) is 0. The van der Waals surface area contributed by atoms with E-state index in [-0.39, 0.29) is 11.7 Å². The van der Waals surface area contributed by atoms with Crippen LogP contribution >= 0.6 is 27.3 Å². The number of aromatic nitrogens is 2. The van der Waals surface area contributed by atoms with Crippen molar-refractivity contribution in [2.24, 2.45) is 0 Å². The van der Waals surface area contributed by atoms with Gasteiger partial charge in [0.1, 0.15) is 5.75 Å². The number of fused-ring (bicyclic) bond motifs is 1. The molecule has 0 aliphatic heterocycles. The van der Waals surface area contributed by atoms with Gasteiger partial charge >= 0.3 is 5.69 Å². The SMILES string of the molecule is CNC(c1cc2[nH]c(=O)[nH]c2cc1Br)c1sccc1OC. The van der Waals surface area contributed by atoms with E-state index in [2.05, 4.69) is 31.2 Å². The molecule has 1 unspecified atom stereocenters. The molecule has 0 spiro atoms. The molecular formula is C14H14BrN3O2S. The zero-order chi connectivity index (χ0) is 15.0. The predicted molar refractivity (Wildman–Crippen MR) is 88.4 cm³/mol. The van der Waals surface area contributed by atoms with E-state index in [0.717, 1.165) is 31.7 Å². The summed E-state index contributed by atoms with van der Waals surface area (Å²) in [4.78, 5) is 18.1. The number of thiophene rings is 1. The summed E-state index contributed by atoms with van der Waals surface area (Å²) in [6.07, 6.45) is 0. The van der Waals surface area contributed by atoms with Crippen LogP contribution in [0.15, 0.2) is 32.8 Å². The summed E-state index contributed by atoms with van der Waals surface area (Å²) in [7, 11) is 3.57. The van der Waals surface area contributed by atoms with Crippen LogP contribution in [0.25, 0.3) is 11.0 Å². The second-order valence-corrected chi connectivity index (χ2v) is 6.38. The molecule has 0 aliphatic rings. The van der Waals surface area contributed by atoms with E-state index in [1.165, 1.54) is 0 Å². The van der Waals surface area contributed by atoms with Crippen molar-refractivity contribution in [2.45, 2.75) is 6.04 Å². The van der Waals surface area contributed by atoms with Crippen molar-refractivity contribution in [2.75, 3.05) is 14.2 Å². The molecule has 3 aromatic rings. The maximum absolute atomic E-state index is 11.4. The average Bonchev–Trinajstić information content (AvgIpc) is 3.05. The average molecular weight is 368 g/mol. The highest BCUT2D eigenvalue weighted by Crippen LogP contribution is 2.38. The number of hydrogen-bond acceptors (Lipinski definition) is 4. The minimum absolute atomic E-state index is 0.0165. The van der Waals surface area contributed by atoms with Crippen molar-refractivity contribution in [3.63, 3.8) is 0 Å². The molecule has 2 heterocycles. The van der Waals surface area contributed by atoms with Gasteiger partial charge in [0.15, 0.2) is 0 Å². The highest BCUT2D eigenvalue weighted by molar-refractivity contribution is 9.10. The fraction of sp³-hybridized carbons (Fsp3) is 0.214. The lowest BCUT2D eigenvalue weighted by molar-refractivity contribution is 0.408. The van der Waals surface area contributed by atoms with Crippen molar-refractivity contribution in [1.29, 1.82) is 0 Å². The molecule has 2 aromatic heterocycles. The van der Waals surface area contributed by atoms with Crippen molar-refractivity contribution >= 4 is 38.3 Å². The number of imidazole rings is 1. The van der Waals surface area contributed by atoms with Crippen LogP contribution in [0.2, 0.25) is 0 Å². The number of H-pyrrole nitrogens is 2. The third kappa shape index (κ3) is 2.52. The van der Waals surface area contributed by atoms with Gasteiger partial charge in [-0.2, -0.15) is 0 Å². The highest BCUT2D eigenvalue weighted by Gasteiger charge is 2.21. The lowest BCUT2D eigenvalue weighted by atomic mass is 10.0. The van der Waals surface area contributed by atoms with E-state index in [0.29, 0.717) is 0 Å². The molecule has 5 nitrogen and oxygen atoms in total. The molecule has 21 heavy (non-hydrogen) atoms. The first-order valence-electron chi connectivity index (χ1n) is 6.34.